The number of ether oxygens (including phenoxy) is 2. The average molecular weight is 411 g/mol. The van der Waals surface area contributed by atoms with Gasteiger partial charge in [-0.2, -0.15) is 0 Å². The predicted octanol–water partition coefficient (Wildman–Crippen LogP) is 4.39. The molecule has 2 fully saturated rings. The molecule has 1 aromatic heterocycles. The molecule has 2 aliphatic carbocycles. The monoisotopic (exact) mass is 411 g/mol. The van der Waals surface area contributed by atoms with Gasteiger partial charge in [0, 0.05) is 28.9 Å². The lowest BCUT2D eigenvalue weighted by atomic mass is 9.69. The molecule has 5 nitrogen and oxygen atoms in total. The Bertz CT molecular complexity index is 1070. The number of hydrogen-bond acceptors (Lipinski definition) is 4. The largest absolute Gasteiger partial charge is 0.493 e. The normalized spacial score (nSPS) is 18.3. The van der Waals surface area contributed by atoms with Crippen LogP contribution in [0.5, 0.6) is 5.75 Å². The second kappa shape index (κ2) is 7.25. The van der Waals surface area contributed by atoms with Gasteiger partial charge in [0.05, 0.1) is 18.9 Å². The highest BCUT2D eigenvalue weighted by Gasteiger charge is 2.43. The molecule has 5 rings (SSSR count). The second-order valence-corrected chi connectivity index (χ2v) is 8.79. The SMILES string of the molecule is CCOC(=O)c1cn2c(cc1=O)-c1cc(CF)c(OCC3CC3)cc1CC21CCC1. The summed E-state index contributed by atoms with van der Waals surface area (Å²) in [5.41, 5.74) is 2.74. The molecule has 158 valence electrons. The average Bonchev–Trinajstić information content (AvgIpc) is 3.54. The number of carbonyl (C=O) groups is 1. The van der Waals surface area contributed by atoms with Gasteiger partial charge in [0.15, 0.2) is 5.43 Å². The van der Waals surface area contributed by atoms with Gasteiger partial charge in [-0.3, -0.25) is 4.79 Å². The van der Waals surface area contributed by atoms with Crippen molar-refractivity contribution in [2.24, 2.45) is 5.92 Å². The first-order chi connectivity index (χ1) is 14.5. The lowest BCUT2D eigenvalue weighted by Crippen LogP contribution is -2.46. The van der Waals surface area contributed by atoms with Crippen LogP contribution in [0, 0.1) is 5.92 Å². The Hall–Kier alpha value is -2.63. The summed E-state index contributed by atoms with van der Waals surface area (Å²) in [6.07, 6.45) is 7.86. The third kappa shape index (κ3) is 3.13. The Morgan fingerprint density at radius 1 is 1.27 bits per heavy atom. The van der Waals surface area contributed by atoms with Gasteiger partial charge in [0.1, 0.15) is 18.0 Å². The highest BCUT2D eigenvalue weighted by Crippen LogP contribution is 2.49. The molecule has 0 saturated heterocycles. The third-order valence-corrected chi connectivity index (χ3v) is 6.74. The molecule has 2 heterocycles. The van der Waals surface area contributed by atoms with Gasteiger partial charge in [-0.15, -0.1) is 0 Å². The smallest absolute Gasteiger partial charge is 0.343 e. The maximum atomic E-state index is 13.8. The van der Waals surface area contributed by atoms with E-state index in [2.05, 4.69) is 4.57 Å². The molecule has 0 unspecified atom stereocenters. The highest BCUT2D eigenvalue weighted by molar-refractivity contribution is 5.89. The standard InChI is InChI=1S/C24H26FNO4/c1-2-29-23(28)19-13-26-20(10-21(19)27)18-8-17(12-25)22(30-14-15-4-5-15)9-16(18)11-24(26)6-3-7-24/h8-10,13,15H,2-7,11-12,14H2,1H3. The summed E-state index contributed by atoms with van der Waals surface area (Å²) in [5, 5.41) is 0. The van der Waals surface area contributed by atoms with Crippen molar-refractivity contribution in [3.63, 3.8) is 0 Å². The summed E-state index contributed by atoms with van der Waals surface area (Å²) >= 11 is 0. The summed E-state index contributed by atoms with van der Waals surface area (Å²) in [6, 6.07) is 5.30. The Labute approximate surface area is 174 Å². The summed E-state index contributed by atoms with van der Waals surface area (Å²) in [7, 11) is 0. The predicted molar refractivity (Wildman–Crippen MR) is 111 cm³/mol. The van der Waals surface area contributed by atoms with Crippen molar-refractivity contribution in [2.75, 3.05) is 13.2 Å². The first-order valence-corrected chi connectivity index (χ1v) is 10.8. The number of aromatic nitrogens is 1. The number of halogens is 1. The topological polar surface area (TPSA) is 57.5 Å². The van der Waals surface area contributed by atoms with Gasteiger partial charge in [0.25, 0.3) is 0 Å². The molecular formula is C24H26FNO4. The maximum Gasteiger partial charge on any atom is 0.343 e. The Morgan fingerprint density at radius 2 is 2.07 bits per heavy atom. The number of esters is 1. The van der Waals surface area contributed by atoms with Crippen LogP contribution < -0.4 is 10.2 Å². The van der Waals surface area contributed by atoms with E-state index in [4.69, 9.17) is 9.47 Å². The number of benzene rings is 1. The van der Waals surface area contributed by atoms with Crippen molar-refractivity contribution in [2.45, 2.75) is 57.7 Å². The molecule has 0 atom stereocenters. The number of rotatable bonds is 6. The molecule has 0 radical (unpaired) electrons. The van der Waals surface area contributed by atoms with Gasteiger partial charge < -0.3 is 14.0 Å². The quantitative estimate of drug-likeness (QED) is 0.662. The van der Waals surface area contributed by atoms with Crippen LogP contribution in [0.2, 0.25) is 0 Å². The number of pyridine rings is 1. The minimum absolute atomic E-state index is 0.0606. The van der Waals surface area contributed by atoms with Crippen molar-refractivity contribution in [1.82, 2.24) is 4.57 Å². The van der Waals surface area contributed by atoms with Crippen LogP contribution in [0.4, 0.5) is 4.39 Å². The van der Waals surface area contributed by atoms with Crippen LogP contribution in [0.3, 0.4) is 0 Å². The fraction of sp³-hybridized carbons (Fsp3) is 0.500. The molecule has 1 spiro atoms. The van der Waals surface area contributed by atoms with E-state index >= 15 is 0 Å². The first kappa shape index (κ1) is 19.3. The molecule has 0 bridgehead atoms. The zero-order valence-corrected chi connectivity index (χ0v) is 17.2. The molecule has 2 saturated carbocycles. The highest BCUT2D eigenvalue weighted by atomic mass is 19.1. The molecule has 1 aliphatic heterocycles. The molecule has 6 heteroatoms. The van der Waals surface area contributed by atoms with E-state index in [0.29, 0.717) is 23.8 Å². The molecule has 0 amide bonds. The summed E-state index contributed by atoms with van der Waals surface area (Å²) < 4.78 is 26.9. The van der Waals surface area contributed by atoms with E-state index in [9.17, 15) is 14.0 Å². The van der Waals surface area contributed by atoms with Crippen LogP contribution in [0.15, 0.2) is 29.2 Å². The van der Waals surface area contributed by atoms with Gasteiger partial charge in [-0.25, -0.2) is 9.18 Å². The van der Waals surface area contributed by atoms with Crippen molar-refractivity contribution >= 4 is 5.97 Å². The van der Waals surface area contributed by atoms with Crippen LogP contribution in [0.1, 0.15) is 60.5 Å². The maximum absolute atomic E-state index is 13.8. The number of carbonyl (C=O) groups excluding carboxylic acids is 1. The third-order valence-electron chi connectivity index (χ3n) is 6.74. The van der Waals surface area contributed by atoms with Gasteiger partial charge >= 0.3 is 5.97 Å². The lowest BCUT2D eigenvalue weighted by Gasteiger charge is -2.49. The molecule has 2 aromatic rings. The van der Waals surface area contributed by atoms with Crippen LogP contribution >= 0.6 is 0 Å². The van der Waals surface area contributed by atoms with Gasteiger partial charge in [-0.05, 0) is 69.1 Å². The van der Waals surface area contributed by atoms with E-state index in [-0.39, 0.29) is 23.1 Å². The molecule has 1 aromatic carbocycles. The van der Waals surface area contributed by atoms with E-state index in [1.807, 2.05) is 12.1 Å². The molecule has 3 aliphatic rings. The molecular weight excluding hydrogens is 385 g/mol. The van der Waals surface area contributed by atoms with Crippen LogP contribution in [-0.2, 0) is 23.4 Å². The first-order valence-electron chi connectivity index (χ1n) is 10.8. The van der Waals surface area contributed by atoms with E-state index in [1.165, 1.54) is 18.9 Å². The minimum Gasteiger partial charge on any atom is -0.493 e. The van der Waals surface area contributed by atoms with Crippen molar-refractivity contribution in [3.8, 4) is 17.0 Å². The van der Waals surface area contributed by atoms with Crippen molar-refractivity contribution < 1.29 is 18.7 Å². The summed E-state index contributed by atoms with van der Waals surface area (Å²) in [5.74, 6) is 0.620. The summed E-state index contributed by atoms with van der Waals surface area (Å²) in [6.45, 7) is 1.95. The Kier molecular flexibility index (Phi) is 4.68. The second-order valence-electron chi connectivity index (χ2n) is 8.79. The van der Waals surface area contributed by atoms with Gasteiger partial charge in [-0.1, -0.05) is 0 Å². The fourth-order valence-corrected chi connectivity index (χ4v) is 4.72. The number of nitrogens with zero attached hydrogens (tertiary/aromatic N) is 1. The van der Waals surface area contributed by atoms with Crippen LogP contribution in [0.25, 0.3) is 11.3 Å². The number of hydrogen-bond donors (Lipinski definition) is 0. The van der Waals surface area contributed by atoms with Crippen molar-refractivity contribution in [1.29, 1.82) is 0 Å². The fourth-order valence-electron chi connectivity index (χ4n) is 4.72. The molecule has 30 heavy (non-hydrogen) atoms. The Morgan fingerprint density at radius 3 is 2.70 bits per heavy atom. The van der Waals surface area contributed by atoms with Crippen LogP contribution in [-0.4, -0.2) is 23.8 Å². The van der Waals surface area contributed by atoms with Crippen molar-refractivity contribution in [3.05, 3.63) is 51.3 Å². The lowest BCUT2D eigenvalue weighted by molar-refractivity contribution is 0.0521. The van der Waals surface area contributed by atoms with E-state index in [0.717, 1.165) is 42.5 Å². The number of fused-ring (bicyclic) bond motifs is 4. The number of alkyl halides is 1. The van der Waals surface area contributed by atoms with Gasteiger partial charge in [0.2, 0.25) is 0 Å². The van der Waals surface area contributed by atoms with E-state index in [1.54, 1.807) is 13.1 Å². The zero-order chi connectivity index (χ0) is 20.9. The van der Waals surface area contributed by atoms with E-state index < -0.39 is 12.6 Å². The zero-order valence-electron chi connectivity index (χ0n) is 17.2. The Balaban J connectivity index is 1.62. The molecule has 0 N–H and O–H groups in total. The minimum atomic E-state index is -0.621. The summed E-state index contributed by atoms with van der Waals surface area (Å²) in [4.78, 5) is 25.0.